The van der Waals surface area contributed by atoms with Gasteiger partial charge in [0, 0.05) is 29.1 Å². The Labute approximate surface area is 262 Å². The van der Waals surface area contributed by atoms with Crippen LogP contribution >= 0.6 is 34.8 Å². The first-order valence-electron chi connectivity index (χ1n) is 13.8. The van der Waals surface area contributed by atoms with Gasteiger partial charge in [-0.15, -0.1) is 23.2 Å². The molecule has 214 valence electrons. The van der Waals surface area contributed by atoms with Crippen LogP contribution in [-0.4, -0.2) is 34.9 Å². The van der Waals surface area contributed by atoms with Gasteiger partial charge < -0.3 is 5.32 Å². The number of amides is 3. The summed E-state index contributed by atoms with van der Waals surface area (Å²) in [5.74, 6) is -3.56. The van der Waals surface area contributed by atoms with Crippen LogP contribution in [0.3, 0.4) is 0 Å². The summed E-state index contributed by atoms with van der Waals surface area (Å²) in [5, 5.41) is 3.10. The number of halogens is 3. The number of likely N-dealkylation sites (tertiary alicyclic amines) is 1. The number of carbonyl (C=O) groups is 4. The van der Waals surface area contributed by atoms with Crippen molar-refractivity contribution >= 4 is 64.0 Å². The van der Waals surface area contributed by atoms with Crippen LogP contribution in [0, 0.1) is 11.8 Å². The molecule has 1 N–H and O–H groups in total. The number of anilines is 1. The molecule has 2 bridgehead atoms. The van der Waals surface area contributed by atoms with Gasteiger partial charge in [0.2, 0.25) is 17.7 Å². The van der Waals surface area contributed by atoms with Crippen molar-refractivity contribution < 1.29 is 19.2 Å². The summed E-state index contributed by atoms with van der Waals surface area (Å²) in [6.45, 7) is -0.168. The van der Waals surface area contributed by atoms with Crippen molar-refractivity contribution in [1.29, 1.82) is 0 Å². The quantitative estimate of drug-likeness (QED) is 0.150. The lowest BCUT2D eigenvalue weighted by molar-refractivity contribution is -0.140. The molecule has 0 aromatic heterocycles. The maximum atomic E-state index is 14.0. The lowest BCUT2D eigenvalue weighted by Gasteiger charge is -2.54. The number of rotatable bonds is 6. The molecule has 8 rings (SSSR count). The minimum absolute atomic E-state index is 0.168. The summed E-state index contributed by atoms with van der Waals surface area (Å²) in [4.78, 5) is 52.9. The van der Waals surface area contributed by atoms with Crippen molar-refractivity contribution in [1.82, 2.24) is 4.90 Å². The van der Waals surface area contributed by atoms with Gasteiger partial charge in [-0.2, -0.15) is 0 Å². The van der Waals surface area contributed by atoms with E-state index in [1.807, 2.05) is 48.5 Å². The third kappa shape index (κ3) is 3.93. The van der Waals surface area contributed by atoms with Crippen molar-refractivity contribution in [2.75, 3.05) is 11.9 Å². The molecule has 4 aromatic carbocycles. The number of hydrogen-bond acceptors (Lipinski definition) is 4. The van der Waals surface area contributed by atoms with Gasteiger partial charge in [-0.05, 0) is 40.5 Å². The zero-order valence-corrected chi connectivity index (χ0v) is 24.8. The minimum atomic E-state index is -1.28. The number of benzene rings is 4. The SMILES string of the molecule is O=C(CCN1C(=O)[C@H]2[C@H](C1=O)C1(Cl)c3ccccc3C2(Cl)c2ccccc21)Nc1ccc(Cl)cc1C(=O)c1ccccc1. The second-order valence-electron chi connectivity index (χ2n) is 11.0. The molecular formula is C34H23Cl3N2O4. The van der Waals surface area contributed by atoms with Crippen LogP contribution in [0.2, 0.25) is 5.02 Å². The molecule has 3 amide bonds. The summed E-state index contributed by atoms with van der Waals surface area (Å²) >= 11 is 21.1. The fourth-order valence-corrected chi connectivity index (χ4v) is 8.20. The van der Waals surface area contributed by atoms with Crippen LogP contribution in [-0.2, 0) is 24.1 Å². The van der Waals surface area contributed by atoms with E-state index in [0.29, 0.717) is 32.8 Å². The number of ketones is 1. The third-order valence-corrected chi connectivity index (χ3v) is 10.3. The number of nitrogens with one attached hydrogen (secondary N) is 1. The molecule has 0 unspecified atom stereocenters. The van der Waals surface area contributed by atoms with E-state index in [-0.39, 0.29) is 30.0 Å². The molecule has 43 heavy (non-hydrogen) atoms. The molecule has 4 aliphatic rings. The predicted molar refractivity (Wildman–Crippen MR) is 164 cm³/mol. The molecule has 9 heteroatoms. The predicted octanol–water partition coefficient (Wildman–Crippen LogP) is 6.49. The van der Waals surface area contributed by atoms with Crippen LogP contribution in [0.25, 0.3) is 0 Å². The standard InChI is InChI=1S/C34H23Cl3N2O4/c35-20-14-15-26(21(18-20)30(41)19-8-2-1-3-9-19)38-27(40)16-17-39-31(42)28-29(32(39)43)34(37)23-11-5-4-10-22(23)33(28,36)24-12-6-7-13-25(24)34/h1-15,18,28-29H,16-17H2,(H,38,40)/t28-,29-,33?,34?/m1/s1. The highest BCUT2D eigenvalue weighted by molar-refractivity contribution is 6.36. The minimum Gasteiger partial charge on any atom is -0.325 e. The fourth-order valence-electron chi connectivity index (χ4n) is 6.93. The first kappa shape index (κ1) is 27.8. The van der Waals surface area contributed by atoms with Gasteiger partial charge in [-0.1, -0.05) is 90.5 Å². The number of imide groups is 1. The number of carbonyl (C=O) groups excluding carboxylic acids is 4. The maximum Gasteiger partial charge on any atom is 0.235 e. The molecule has 1 fully saturated rings. The molecule has 1 aliphatic heterocycles. The molecule has 2 atom stereocenters. The first-order valence-corrected chi connectivity index (χ1v) is 14.9. The Bertz CT molecular complexity index is 1740. The van der Waals surface area contributed by atoms with Crippen molar-refractivity contribution in [3.8, 4) is 0 Å². The van der Waals surface area contributed by atoms with Crippen LogP contribution in [0.15, 0.2) is 97.1 Å². The number of nitrogens with zero attached hydrogens (tertiary/aromatic N) is 1. The average molecular weight is 630 g/mol. The lowest BCUT2D eigenvalue weighted by Crippen LogP contribution is -2.57. The normalized spacial score (nSPS) is 24.8. The third-order valence-electron chi connectivity index (χ3n) is 8.78. The molecular weight excluding hydrogens is 607 g/mol. The van der Waals surface area contributed by atoms with Crippen LogP contribution < -0.4 is 5.32 Å². The first-order chi connectivity index (χ1) is 20.7. The van der Waals surface area contributed by atoms with Gasteiger partial charge in [-0.3, -0.25) is 24.1 Å². The zero-order valence-electron chi connectivity index (χ0n) is 22.5. The highest BCUT2D eigenvalue weighted by Gasteiger charge is 2.72. The topological polar surface area (TPSA) is 83.6 Å². The highest BCUT2D eigenvalue weighted by atomic mass is 35.5. The van der Waals surface area contributed by atoms with Gasteiger partial charge in [0.15, 0.2) is 5.78 Å². The molecule has 1 saturated heterocycles. The van der Waals surface area contributed by atoms with E-state index in [1.165, 1.54) is 6.07 Å². The molecule has 3 aliphatic carbocycles. The van der Waals surface area contributed by atoms with Gasteiger partial charge in [0.05, 0.1) is 17.5 Å². The summed E-state index contributed by atoms with van der Waals surface area (Å²) < 4.78 is 0. The van der Waals surface area contributed by atoms with E-state index in [2.05, 4.69) is 5.32 Å². The second-order valence-corrected chi connectivity index (χ2v) is 12.6. The fraction of sp³-hybridized carbons (Fsp3) is 0.176. The van der Waals surface area contributed by atoms with Crippen LogP contribution in [0.1, 0.15) is 44.6 Å². The second kappa shape index (κ2) is 10.1. The van der Waals surface area contributed by atoms with Crippen molar-refractivity contribution in [3.05, 3.63) is 135 Å². The molecule has 0 spiro atoms. The van der Waals surface area contributed by atoms with E-state index in [4.69, 9.17) is 34.8 Å². The van der Waals surface area contributed by atoms with Crippen LogP contribution in [0.4, 0.5) is 5.69 Å². The maximum absolute atomic E-state index is 14.0. The summed E-state index contributed by atoms with van der Waals surface area (Å²) in [7, 11) is 0. The zero-order chi connectivity index (χ0) is 30.1. The molecule has 1 heterocycles. The number of alkyl halides is 2. The Morgan fingerprint density at radius 1 is 0.721 bits per heavy atom. The summed E-state index contributed by atoms with van der Waals surface area (Å²) in [5.41, 5.74) is 3.80. The van der Waals surface area contributed by atoms with Gasteiger partial charge >= 0.3 is 0 Å². The Morgan fingerprint density at radius 2 is 1.21 bits per heavy atom. The van der Waals surface area contributed by atoms with Gasteiger partial charge in [0.1, 0.15) is 9.75 Å². The Morgan fingerprint density at radius 3 is 1.72 bits per heavy atom. The Balaban J connectivity index is 1.16. The largest absolute Gasteiger partial charge is 0.325 e. The monoisotopic (exact) mass is 628 g/mol. The van der Waals surface area contributed by atoms with E-state index in [9.17, 15) is 19.2 Å². The molecule has 6 nitrogen and oxygen atoms in total. The van der Waals surface area contributed by atoms with E-state index < -0.39 is 39.3 Å². The van der Waals surface area contributed by atoms with E-state index >= 15 is 0 Å². The smallest absolute Gasteiger partial charge is 0.235 e. The average Bonchev–Trinajstić information content (AvgIpc) is 3.29. The Kier molecular flexibility index (Phi) is 6.51. The summed E-state index contributed by atoms with van der Waals surface area (Å²) in [6.07, 6.45) is -0.191. The van der Waals surface area contributed by atoms with Crippen molar-refractivity contribution in [3.63, 3.8) is 0 Å². The molecule has 0 radical (unpaired) electrons. The molecule has 4 aromatic rings. The van der Waals surface area contributed by atoms with E-state index in [1.54, 1.807) is 42.5 Å². The highest BCUT2D eigenvalue weighted by Crippen LogP contribution is 2.69. The Hall–Kier alpha value is -3.97. The van der Waals surface area contributed by atoms with Crippen molar-refractivity contribution in [2.45, 2.75) is 16.2 Å². The van der Waals surface area contributed by atoms with Crippen molar-refractivity contribution in [2.24, 2.45) is 11.8 Å². The van der Waals surface area contributed by atoms with Gasteiger partial charge in [-0.25, -0.2) is 0 Å². The number of hydrogen-bond donors (Lipinski definition) is 1. The van der Waals surface area contributed by atoms with Crippen LogP contribution in [0.5, 0.6) is 0 Å². The van der Waals surface area contributed by atoms with Gasteiger partial charge in [0.25, 0.3) is 0 Å². The van der Waals surface area contributed by atoms with E-state index in [0.717, 1.165) is 4.90 Å². The lowest BCUT2D eigenvalue weighted by atomic mass is 9.54. The summed E-state index contributed by atoms with van der Waals surface area (Å²) in [6, 6.07) is 28.1. The molecule has 0 saturated carbocycles.